The van der Waals surface area contributed by atoms with Crippen molar-refractivity contribution in [3.05, 3.63) is 66.4 Å². The number of para-hydroxylation sites is 1. The van der Waals surface area contributed by atoms with E-state index in [-0.39, 0.29) is 0 Å². The van der Waals surface area contributed by atoms with Crippen LogP contribution in [-0.4, -0.2) is 25.3 Å². The predicted molar refractivity (Wildman–Crippen MR) is 100 cm³/mol. The normalized spacial score (nSPS) is 11.0. The summed E-state index contributed by atoms with van der Waals surface area (Å²) in [4.78, 5) is 4.38. The Morgan fingerprint density at radius 2 is 1.72 bits per heavy atom. The molecule has 0 amide bonds. The maximum atomic E-state index is 5.84. The molecule has 3 aromatic rings. The van der Waals surface area contributed by atoms with Gasteiger partial charge in [-0.2, -0.15) is 0 Å². The fourth-order valence-corrected chi connectivity index (χ4v) is 2.60. The number of pyridine rings is 1. The Kier molecular flexibility index (Phi) is 5.52. The highest BCUT2D eigenvalue weighted by Crippen LogP contribution is 2.28. The molecule has 25 heavy (non-hydrogen) atoms. The molecule has 0 spiro atoms. The first kappa shape index (κ1) is 16.8. The van der Waals surface area contributed by atoms with E-state index in [0.29, 0.717) is 24.7 Å². The Bertz CT molecular complexity index is 869. The van der Waals surface area contributed by atoms with Crippen molar-refractivity contribution < 1.29 is 14.2 Å². The summed E-state index contributed by atoms with van der Waals surface area (Å²) in [6.45, 7) is 2.83. The van der Waals surface area contributed by atoms with E-state index in [2.05, 4.69) is 4.98 Å². The Morgan fingerprint density at radius 1 is 0.920 bits per heavy atom. The van der Waals surface area contributed by atoms with E-state index in [1.54, 1.807) is 13.3 Å². The molecule has 4 nitrogen and oxygen atoms in total. The van der Waals surface area contributed by atoms with Crippen molar-refractivity contribution in [3.63, 3.8) is 0 Å². The van der Waals surface area contributed by atoms with Gasteiger partial charge in [0, 0.05) is 11.6 Å². The molecule has 128 valence electrons. The standard InChI is InChI=1S/C21H21NO3/c1-3-6-16-10-11-18(20(15-16)23-2)24-13-14-25-19-9-4-7-17-8-5-12-22-21(17)19/h3-12,15H,13-14H2,1-2H3/b6-3+. The molecule has 1 aromatic heterocycles. The Morgan fingerprint density at radius 3 is 2.52 bits per heavy atom. The second kappa shape index (κ2) is 8.20. The number of rotatable bonds is 7. The number of ether oxygens (including phenoxy) is 3. The molecule has 2 aromatic carbocycles. The zero-order valence-electron chi connectivity index (χ0n) is 14.4. The lowest BCUT2D eigenvalue weighted by molar-refractivity contribution is 0.212. The summed E-state index contributed by atoms with van der Waals surface area (Å²) < 4.78 is 17.0. The smallest absolute Gasteiger partial charge is 0.161 e. The SMILES string of the molecule is C/C=C/c1ccc(OCCOc2cccc3cccnc23)c(OC)c1. The lowest BCUT2D eigenvalue weighted by atomic mass is 10.2. The zero-order chi connectivity index (χ0) is 17.5. The quantitative estimate of drug-likeness (QED) is 0.585. The molecule has 1 heterocycles. The summed E-state index contributed by atoms with van der Waals surface area (Å²) in [6.07, 6.45) is 5.77. The lowest BCUT2D eigenvalue weighted by Crippen LogP contribution is -2.10. The van der Waals surface area contributed by atoms with Gasteiger partial charge in [0.15, 0.2) is 11.5 Å². The average molecular weight is 335 g/mol. The molecule has 0 aliphatic carbocycles. The van der Waals surface area contributed by atoms with Crippen LogP contribution in [0, 0.1) is 0 Å². The van der Waals surface area contributed by atoms with E-state index >= 15 is 0 Å². The second-order valence-electron chi connectivity index (χ2n) is 5.44. The molecule has 0 radical (unpaired) electrons. The van der Waals surface area contributed by atoms with Gasteiger partial charge >= 0.3 is 0 Å². The number of nitrogens with zero attached hydrogens (tertiary/aromatic N) is 1. The summed E-state index contributed by atoms with van der Waals surface area (Å²) in [7, 11) is 1.64. The molecule has 3 rings (SSSR count). The summed E-state index contributed by atoms with van der Waals surface area (Å²) in [5, 5.41) is 1.06. The predicted octanol–water partition coefficient (Wildman–Crippen LogP) is 4.73. The fourth-order valence-electron chi connectivity index (χ4n) is 2.60. The number of hydrogen-bond acceptors (Lipinski definition) is 4. The van der Waals surface area contributed by atoms with Gasteiger partial charge in [-0.25, -0.2) is 0 Å². The first-order chi connectivity index (χ1) is 12.3. The summed E-state index contributed by atoms with van der Waals surface area (Å²) in [6, 6.07) is 15.7. The maximum absolute atomic E-state index is 5.84. The molecular formula is C21H21NO3. The van der Waals surface area contributed by atoms with Crippen LogP contribution in [0.2, 0.25) is 0 Å². The Labute approximate surface area is 147 Å². The molecule has 0 aliphatic rings. The molecule has 0 fully saturated rings. The minimum absolute atomic E-state index is 0.419. The highest BCUT2D eigenvalue weighted by Gasteiger charge is 2.06. The minimum atomic E-state index is 0.419. The van der Waals surface area contributed by atoms with Crippen LogP contribution in [0.1, 0.15) is 12.5 Å². The molecule has 0 atom stereocenters. The van der Waals surface area contributed by atoms with Crippen LogP contribution in [0.3, 0.4) is 0 Å². The Hall–Kier alpha value is -3.01. The van der Waals surface area contributed by atoms with Crippen molar-refractivity contribution in [3.8, 4) is 17.2 Å². The average Bonchev–Trinajstić information content (AvgIpc) is 2.66. The van der Waals surface area contributed by atoms with Gasteiger partial charge < -0.3 is 14.2 Å². The van der Waals surface area contributed by atoms with Crippen LogP contribution < -0.4 is 14.2 Å². The van der Waals surface area contributed by atoms with Gasteiger partial charge in [0.1, 0.15) is 24.5 Å². The highest BCUT2D eigenvalue weighted by atomic mass is 16.5. The molecule has 4 heteroatoms. The number of allylic oxidation sites excluding steroid dienone is 1. The van der Waals surface area contributed by atoms with Crippen LogP contribution in [0.5, 0.6) is 17.2 Å². The molecule has 0 aliphatic heterocycles. The van der Waals surface area contributed by atoms with Gasteiger partial charge in [-0.05, 0) is 36.8 Å². The third-order valence-corrected chi connectivity index (χ3v) is 3.74. The minimum Gasteiger partial charge on any atom is -0.493 e. The summed E-state index contributed by atoms with van der Waals surface area (Å²) >= 11 is 0. The van der Waals surface area contributed by atoms with Crippen LogP contribution in [0.25, 0.3) is 17.0 Å². The first-order valence-corrected chi connectivity index (χ1v) is 8.22. The first-order valence-electron chi connectivity index (χ1n) is 8.22. The topological polar surface area (TPSA) is 40.6 Å². The highest BCUT2D eigenvalue weighted by molar-refractivity contribution is 5.84. The fraction of sp³-hybridized carbons (Fsp3) is 0.190. The summed E-state index contributed by atoms with van der Waals surface area (Å²) in [5.41, 5.74) is 1.93. The molecule has 0 saturated heterocycles. The van der Waals surface area contributed by atoms with Crippen molar-refractivity contribution >= 4 is 17.0 Å². The van der Waals surface area contributed by atoms with Crippen LogP contribution >= 0.6 is 0 Å². The second-order valence-corrected chi connectivity index (χ2v) is 5.44. The molecule has 0 saturated carbocycles. The third-order valence-electron chi connectivity index (χ3n) is 3.74. The van der Waals surface area contributed by atoms with Crippen molar-refractivity contribution in [1.82, 2.24) is 4.98 Å². The molecule has 0 bridgehead atoms. The van der Waals surface area contributed by atoms with Crippen molar-refractivity contribution in [2.75, 3.05) is 20.3 Å². The Balaban J connectivity index is 1.61. The molecular weight excluding hydrogens is 314 g/mol. The van der Waals surface area contributed by atoms with Crippen LogP contribution in [0.4, 0.5) is 0 Å². The van der Waals surface area contributed by atoms with Gasteiger partial charge in [-0.1, -0.05) is 36.4 Å². The van der Waals surface area contributed by atoms with Gasteiger partial charge in [-0.15, -0.1) is 0 Å². The van der Waals surface area contributed by atoms with Gasteiger partial charge in [-0.3, -0.25) is 4.98 Å². The largest absolute Gasteiger partial charge is 0.493 e. The summed E-state index contributed by atoms with van der Waals surface area (Å²) in [5.74, 6) is 2.18. The number of aromatic nitrogens is 1. The van der Waals surface area contributed by atoms with Crippen molar-refractivity contribution in [1.29, 1.82) is 0 Å². The van der Waals surface area contributed by atoms with E-state index in [9.17, 15) is 0 Å². The van der Waals surface area contributed by atoms with Gasteiger partial charge in [0.25, 0.3) is 0 Å². The zero-order valence-corrected chi connectivity index (χ0v) is 14.4. The van der Waals surface area contributed by atoms with Crippen LogP contribution in [-0.2, 0) is 0 Å². The number of methoxy groups -OCH3 is 1. The van der Waals surface area contributed by atoms with Crippen molar-refractivity contribution in [2.24, 2.45) is 0 Å². The molecule has 0 N–H and O–H groups in total. The van der Waals surface area contributed by atoms with Gasteiger partial charge in [0.05, 0.1) is 7.11 Å². The molecule has 0 unspecified atom stereocenters. The maximum Gasteiger partial charge on any atom is 0.161 e. The van der Waals surface area contributed by atoms with Crippen LogP contribution in [0.15, 0.2) is 60.8 Å². The number of fused-ring (bicyclic) bond motifs is 1. The van der Waals surface area contributed by atoms with E-state index in [4.69, 9.17) is 14.2 Å². The lowest BCUT2D eigenvalue weighted by Gasteiger charge is -2.12. The monoisotopic (exact) mass is 335 g/mol. The number of benzene rings is 2. The van der Waals surface area contributed by atoms with E-state index in [1.165, 1.54) is 0 Å². The van der Waals surface area contributed by atoms with E-state index in [0.717, 1.165) is 22.2 Å². The van der Waals surface area contributed by atoms with Gasteiger partial charge in [0.2, 0.25) is 0 Å². The third kappa shape index (κ3) is 4.10. The van der Waals surface area contributed by atoms with E-state index < -0.39 is 0 Å². The van der Waals surface area contributed by atoms with Crippen molar-refractivity contribution in [2.45, 2.75) is 6.92 Å². The van der Waals surface area contributed by atoms with E-state index in [1.807, 2.05) is 67.6 Å². The number of hydrogen-bond donors (Lipinski definition) is 0.